The van der Waals surface area contributed by atoms with Gasteiger partial charge in [0.05, 0.1) is 18.1 Å². The molecule has 0 aromatic heterocycles. The van der Waals surface area contributed by atoms with Crippen molar-refractivity contribution in [3.8, 4) is 5.75 Å². The Morgan fingerprint density at radius 3 is 2.58 bits per heavy atom. The summed E-state index contributed by atoms with van der Waals surface area (Å²) in [6.45, 7) is 6.35. The van der Waals surface area contributed by atoms with E-state index >= 15 is 0 Å². The van der Waals surface area contributed by atoms with Gasteiger partial charge in [-0.1, -0.05) is 6.07 Å². The van der Waals surface area contributed by atoms with Gasteiger partial charge < -0.3 is 14.8 Å². The van der Waals surface area contributed by atoms with Crippen LogP contribution in [0.1, 0.15) is 26.3 Å². The molecule has 0 bridgehead atoms. The number of hydrogen-bond acceptors (Lipinski definition) is 4. The van der Waals surface area contributed by atoms with Gasteiger partial charge in [-0.05, 0) is 54.4 Å². The first-order valence-electron chi connectivity index (χ1n) is 6.07. The van der Waals surface area contributed by atoms with Crippen LogP contribution in [0.25, 0.3) is 0 Å². The summed E-state index contributed by atoms with van der Waals surface area (Å²) in [6.07, 6.45) is 0. The predicted octanol–water partition coefficient (Wildman–Crippen LogP) is 2.89. The lowest BCUT2D eigenvalue weighted by Gasteiger charge is -2.19. The molecule has 1 rings (SSSR count). The highest BCUT2D eigenvalue weighted by molar-refractivity contribution is 9.10. The third-order valence-electron chi connectivity index (χ3n) is 2.23. The molecular weight excluding hydrogens is 310 g/mol. The van der Waals surface area contributed by atoms with Gasteiger partial charge in [0.1, 0.15) is 11.4 Å². The van der Waals surface area contributed by atoms with Crippen LogP contribution in [0, 0.1) is 0 Å². The molecule has 0 heterocycles. The average molecular weight is 330 g/mol. The second kappa shape index (κ2) is 6.91. The monoisotopic (exact) mass is 329 g/mol. The Morgan fingerprint density at radius 1 is 1.37 bits per heavy atom. The van der Waals surface area contributed by atoms with Gasteiger partial charge in [-0.3, -0.25) is 4.79 Å². The van der Waals surface area contributed by atoms with Gasteiger partial charge in [0.2, 0.25) is 0 Å². The van der Waals surface area contributed by atoms with Crippen LogP contribution >= 0.6 is 15.9 Å². The van der Waals surface area contributed by atoms with Gasteiger partial charge in [-0.2, -0.15) is 0 Å². The Labute approximate surface area is 122 Å². The molecule has 19 heavy (non-hydrogen) atoms. The molecule has 5 heteroatoms. The van der Waals surface area contributed by atoms with Crippen LogP contribution in [0.4, 0.5) is 0 Å². The van der Waals surface area contributed by atoms with Gasteiger partial charge in [-0.25, -0.2) is 0 Å². The van der Waals surface area contributed by atoms with E-state index in [1.165, 1.54) is 0 Å². The molecule has 0 saturated heterocycles. The molecule has 0 amide bonds. The summed E-state index contributed by atoms with van der Waals surface area (Å²) in [5.74, 6) is 0.538. The Hall–Kier alpha value is -1.07. The molecule has 0 aliphatic carbocycles. The van der Waals surface area contributed by atoms with E-state index in [9.17, 15) is 4.79 Å². The Morgan fingerprint density at radius 2 is 2.05 bits per heavy atom. The molecule has 0 fully saturated rings. The average Bonchev–Trinajstić information content (AvgIpc) is 2.26. The molecule has 4 nitrogen and oxygen atoms in total. The largest absolute Gasteiger partial charge is 0.496 e. The predicted molar refractivity (Wildman–Crippen MR) is 78.2 cm³/mol. The molecule has 1 aromatic carbocycles. The van der Waals surface area contributed by atoms with E-state index < -0.39 is 5.60 Å². The minimum absolute atomic E-state index is 0.195. The first-order valence-corrected chi connectivity index (χ1v) is 6.86. The van der Waals surface area contributed by atoms with E-state index in [0.29, 0.717) is 6.54 Å². The third kappa shape index (κ3) is 6.07. The van der Waals surface area contributed by atoms with Gasteiger partial charge in [0.15, 0.2) is 0 Å². The zero-order chi connectivity index (χ0) is 14.5. The van der Waals surface area contributed by atoms with Crippen molar-refractivity contribution in [2.45, 2.75) is 32.9 Å². The molecule has 1 N–H and O–H groups in total. The fourth-order valence-corrected chi connectivity index (χ4v) is 2.09. The standard InChI is InChI=1S/C14H20BrNO3/c1-14(2,3)19-13(17)9-16-8-10-5-6-12(18-4)11(15)7-10/h5-7,16H,8-9H2,1-4H3. The van der Waals surface area contributed by atoms with Gasteiger partial charge >= 0.3 is 5.97 Å². The molecule has 1 aromatic rings. The van der Waals surface area contributed by atoms with Crippen molar-refractivity contribution in [1.29, 1.82) is 0 Å². The summed E-state index contributed by atoms with van der Waals surface area (Å²) >= 11 is 3.42. The molecule has 0 spiro atoms. The summed E-state index contributed by atoms with van der Waals surface area (Å²) in [5.41, 5.74) is 0.623. The van der Waals surface area contributed by atoms with Crippen molar-refractivity contribution in [3.05, 3.63) is 28.2 Å². The summed E-state index contributed by atoms with van der Waals surface area (Å²) < 4.78 is 11.3. The molecule has 0 aliphatic heterocycles. The van der Waals surface area contributed by atoms with E-state index in [1.54, 1.807) is 7.11 Å². The van der Waals surface area contributed by atoms with Crippen molar-refractivity contribution in [2.24, 2.45) is 0 Å². The summed E-state index contributed by atoms with van der Waals surface area (Å²) in [4.78, 5) is 11.5. The van der Waals surface area contributed by atoms with Crippen LogP contribution in [0.15, 0.2) is 22.7 Å². The number of carbonyl (C=O) groups is 1. The molecular formula is C14H20BrNO3. The lowest BCUT2D eigenvalue weighted by atomic mass is 10.2. The Bertz CT molecular complexity index is 441. The molecule has 0 saturated carbocycles. The van der Waals surface area contributed by atoms with Crippen LogP contribution in [0.2, 0.25) is 0 Å². The van der Waals surface area contributed by atoms with Crippen molar-refractivity contribution in [1.82, 2.24) is 5.32 Å². The molecule has 0 atom stereocenters. The van der Waals surface area contributed by atoms with Crippen LogP contribution in [-0.2, 0) is 16.1 Å². The number of ether oxygens (including phenoxy) is 2. The fraction of sp³-hybridized carbons (Fsp3) is 0.500. The number of esters is 1. The topological polar surface area (TPSA) is 47.6 Å². The van der Waals surface area contributed by atoms with E-state index in [2.05, 4.69) is 21.2 Å². The maximum Gasteiger partial charge on any atom is 0.320 e. The third-order valence-corrected chi connectivity index (χ3v) is 2.85. The lowest BCUT2D eigenvalue weighted by molar-refractivity contribution is -0.153. The van der Waals surface area contributed by atoms with Gasteiger partial charge in [-0.15, -0.1) is 0 Å². The number of carbonyl (C=O) groups excluding carboxylic acids is 1. The van der Waals surface area contributed by atoms with Gasteiger partial charge in [0, 0.05) is 6.54 Å². The van der Waals surface area contributed by atoms with Crippen LogP contribution in [-0.4, -0.2) is 25.2 Å². The first kappa shape index (κ1) is 16.0. The number of nitrogens with one attached hydrogen (secondary N) is 1. The van der Waals surface area contributed by atoms with E-state index in [4.69, 9.17) is 9.47 Å². The fourth-order valence-electron chi connectivity index (χ4n) is 1.51. The van der Waals surface area contributed by atoms with Crippen molar-refractivity contribution in [3.63, 3.8) is 0 Å². The normalized spacial score (nSPS) is 11.2. The maximum absolute atomic E-state index is 11.5. The first-order chi connectivity index (χ1) is 8.81. The van der Waals surface area contributed by atoms with Crippen molar-refractivity contribution in [2.75, 3.05) is 13.7 Å². The zero-order valence-corrected chi connectivity index (χ0v) is 13.3. The van der Waals surface area contributed by atoms with Crippen LogP contribution in [0.5, 0.6) is 5.75 Å². The Kier molecular flexibility index (Phi) is 5.82. The quantitative estimate of drug-likeness (QED) is 0.844. The van der Waals surface area contributed by atoms with Crippen LogP contribution < -0.4 is 10.1 Å². The number of hydrogen-bond donors (Lipinski definition) is 1. The zero-order valence-electron chi connectivity index (χ0n) is 11.7. The molecule has 0 aliphatic rings. The SMILES string of the molecule is COc1ccc(CNCC(=O)OC(C)(C)C)cc1Br. The number of methoxy groups -OCH3 is 1. The highest BCUT2D eigenvalue weighted by Crippen LogP contribution is 2.25. The second-order valence-electron chi connectivity index (χ2n) is 5.16. The van der Waals surface area contributed by atoms with E-state index in [1.807, 2.05) is 39.0 Å². The minimum atomic E-state index is -0.443. The van der Waals surface area contributed by atoms with E-state index in [0.717, 1.165) is 15.8 Å². The summed E-state index contributed by atoms with van der Waals surface area (Å²) in [7, 11) is 1.63. The van der Waals surface area contributed by atoms with Crippen LogP contribution in [0.3, 0.4) is 0 Å². The van der Waals surface area contributed by atoms with E-state index in [-0.39, 0.29) is 12.5 Å². The van der Waals surface area contributed by atoms with Gasteiger partial charge in [0.25, 0.3) is 0 Å². The summed E-state index contributed by atoms with van der Waals surface area (Å²) in [6, 6.07) is 5.79. The maximum atomic E-state index is 11.5. The lowest BCUT2D eigenvalue weighted by Crippen LogP contribution is -2.31. The second-order valence-corrected chi connectivity index (χ2v) is 6.01. The molecule has 0 unspecified atom stereocenters. The minimum Gasteiger partial charge on any atom is -0.496 e. The number of rotatable bonds is 5. The number of benzene rings is 1. The highest BCUT2D eigenvalue weighted by atomic mass is 79.9. The highest BCUT2D eigenvalue weighted by Gasteiger charge is 2.15. The smallest absolute Gasteiger partial charge is 0.320 e. The molecule has 106 valence electrons. The van der Waals surface area contributed by atoms with Crippen molar-refractivity contribution < 1.29 is 14.3 Å². The van der Waals surface area contributed by atoms with Crippen molar-refractivity contribution >= 4 is 21.9 Å². The number of halogens is 1. The summed E-state index contributed by atoms with van der Waals surface area (Å²) in [5, 5.41) is 3.05. The molecule has 0 radical (unpaired) electrons. The Balaban J connectivity index is 2.41.